The van der Waals surface area contributed by atoms with Crippen LogP contribution >= 0.6 is 27.7 Å². The van der Waals surface area contributed by atoms with E-state index in [1.807, 2.05) is 30.1 Å². The molecule has 2 aliphatic rings. The van der Waals surface area contributed by atoms with Crippen molar-refractivity contribution in [1.82, 2.24) is 9.88 Å². The summed E-state index contributed by atoms with van der Waals surface area (Å²) in [6, 6.07) is 3.97. The zero-order valence-electron chi connectivity index (χ0n) is 12.7. The van der Waals surface area contributed by atoms with Gasteiger partial charge < -0.3 is 9.80 Å². The molecule has 120 valence electrons. The van der Waals surface area contributed by atoms with Gasteiger partial charge in [0, 0.05) is 50.3 Å². The van der Waals surface area contributed by atoms with Crippen LogP contribution in [-0.2, 0) is 4.79 Å². The number of amides is 1. The van der Waals surface area contributed by atoms with Gasteiger partial charge in [-0.05, 0) is 46.8 Å². The second-order valence-corrected chi connectivity index (χ2v) is 8.02. The van der Waals surface area contributed by atoms with E-state index in [0.717, 1.165) is 67.2 Å². The monoisotopic (exact) mass is 383 g/mol. The lowest BCUT2D eigenvalue weighted by atomic mass is 9.93. The maximum Gasteiger partial charge on any atom is 0.222 e. The molecule has 0 bridgehead atoms. The summed E-state index contributed by atoms with van der Waals surface area (Å²) >= 11 is 5.52. The summed E-state index contributed by atoms with van der Waals surface area (Å²) in [6.45, 7) is 3.85. The quantitative estimate of drug-likeness (QED) is 0.803. The molecule has 2 saturated heterocycles. The predicted molar refractivity (Wildman–Crippen MR) is 95.4 cm³/mol. The number of carbonyl (C=O) groups is 1. The highest BCUT2D eigenvalue weighted by Gasteiger charge is 2.25. The van der Waals surface area contributed by atoms with Gasteiger partial charge in [0.25, 0.3) is 0 Å². The molecule has 0 radical (unpaired) electrons. The Labute approximate surface area is 144 Å². The molecule has 2 fully saturated rings. The van der Waals surface area contributed by atoms with Crippen molar-refractivity contribution in [2.75, 3.05) is 42.6 Å². The van der Waals surface area contributed by atoms with Crippen molar-refractivity contribution in [3.8, 4) is 0 Å². The first kappa shape index (κ1) is 16.1. The largest absolute Gasteiger partial charge is 0.356 e. The highest BCUT2D eigenvalue weighted by Crippen LogP contribution is 2.29. The summed E-state index contributed by atoms with van der Waals surface area (Å²) in [4.78, 5) is 21.2. The molecule has 0 aliphatic carbocycles. The normalized spacial score (nSPS) is 20.2. The maximum atomic E-state index is 12.4. The van der Waals surface area contributed by atoms with E-state index in [1.165, 1.54) is 0 Å². The Morgan fingerprint density at radius 1 is 1.27 bits per heavy atom. The van der Waals surface area contributed by atoms with Crippen LogP contribution in [0.3, 0.4) is 0 Å². The summed E-state index contributed by atoms with van der Waals surface area (Å²) in [6.07, 6.45) is 4.72. The Kier molecular flexibility index (Phi) is 5.63. The average molecular weight is 384 g/mol. The maximum absolute atomic E-state index is 12.4. The first-order chi connectivity index (χ1) is 10.7. The number of pyridine rings is 1. The third-order valence-electron chi connectivity index (χ3n) is 4.48. The molecule has 3 rings (SSSR count). The second kappa shape index (κ2) is 7.68. The van der Waals surface area contributed by atoms with Gasteiger partial charge in [0.05, 0.1) is 4.47 Å². The Morgan fingerprint density at radius 2 is 2.00 bits per heavy atom. The molecule has 0 spiro atoms. The number of anilines is 1. The SMILES string of the molecule is O=C(CC1CCN(c2ncccc2Br)CC1)N1CCSCC1. The molecule has 1 aromatic heterocycles. The van der Waals surface area contributed by atoms with Crippen LogP contribution in [0.2, 0.25) is 0 Å². The highest BCUT2D eigenvalue weighted by molar-refractivity contribution is 9.10. The molecule has 2 aliphatic heterocycles. The first-order valence-corrected chi connectivity index (χ1v) is 9.90. The van der Waals surface area contributed by atoms with Crippen molar-refractivity contribution in [2.24, 2.45) is 5.92 Å². The molecule has 1 aromatic rings. The summed E-state index contributed by atoms with van der Waals surface area (Å²) in [7, 11) is 0. The van der Waals surface area contributed by atoms with E-state index < -0.39 is 0 Å². The molecule has 4 nitrogen and oxygen atoms in total. The highest BCUT2D eigenvalue weighted by atomic mass is 79.9. The Hall–Kier alpha value is -0.750. The van der Waals surface area contributed by atoms with Gasteiger partial charge in [0.15, 0.2) is 0 Å². The van der Waals surface area contributed by atoms with Crippen LogP contribution in [0, 0.1) is 5.92 Å². The van der Waals surface area contributed by atoms with Crippen molar-refractivity contribution < 1.29 is 4.79 Å². The number of piperidine rings is 1. The van der Waals surface area contributed by atoms with Crippen molar-refractivity contribution in [1.29, 1.82) is 0 Å². The molecular weight excluding hydrogens is 362 g/mol. The van der Waals surface area contributed by atoms with E-state index in [9.17, 15) is 4.79 Å². The van der Waals surface area contributed by atoms with Crippen LogP contribution in [0.5, 0.6) is 0 Å². The lowest BCUT2D eigenvalue weighted by Gasteiger charge is -2.34. The fraction of sp³-hybridized carbons (Fsp3) is 0.625. The number of carbonyl (C=O) groups excluding carboxylic acids is 1. The number of aromatic nitrogens is 1. The van der Waals surface area contributed by atoms with Crippen molar-refractivity contribution in [2.45, 2.75) is 19.3 Å². The molecule has 22 heavy (non-hydrogen) atoms. The fourth-order valence-corrected chi connectivity index (χ4v) is 4.56. The van der Waals surface area contributed by atoms with E-state index in [2.05, 4.69) is 30.7 Å². The zero-order chi connectivity index (χ0) is 15.4. The van der Waals surface area contributed by atoms with Gasteiger partial charge in [0.2, 0.25) is 5.91 Å². The van der Waals surface area contributed by atoms with Gasteiger partial charge in [-0.15, -0.1) is 0 Å². The van der Waals surface area contributed by atoms with E-state index in [-0.39, 0.29) is 0 Å². The van der Waals surface area contributed by atoms with Gasteiger partial charge in [-0.2, -0.15) is 11.8 Å². The van der Waals surface area contributed by atoms with Gasteiger partial charge in [-0.1, -0.05) is 0 Å². The van der Waals surface area contributed by atoms with Gasteiger partial charge in [-0.3, -0.25) is 4.79 Å². The molecule has 6 heteroatoms. The molecule has 0 unspecified atom stereocenters. The van der Waals surface area contributed by atoms with E-state index in [0.29, 0.717) is 11.8 Å². The Bertz CT molecular complexity index is 514. The predicted octanol–water partition coefficient (Wildman–Crippen LogP) is 3.03. The van der Waals surface area contributed by atoms with Crippen LogP contribution in [0.15, 0.2) is 22.8 Å². The third kappa shape index (κ3) is 3.96. The number of rotatable bonds is 3. The van der Waals surface area contributed by atoms with Gasteiger partial charge >= 0.3 is 0 Å². The molecule has 3 heterocycles. The molecule has 0 saturated carbocycles. The average Bonchev–Trinajstić information content (AvgIpc) is 2.57. The number of halogens is 1. The van der Waals surface area contributed by atoms with E-state index in [1.54, 1.807) is 0 Å². The van der Waals surface area contributed by atoms with Crippen LogP contribution in [-0.4, -0.2) is 53.5 Å². The topological polar surface area (TPSA) is 36.4 Å². The van der Waals surface area contributed by atoms with Gasteiger partial charge in [0.1, 0.15) is 5.82 Å². The zero-order valence-corrected chi connectivity index (χ0v) is 15.1. The Morgan fingerprint density at radius 3 is 2.68 bits per heavy atom. The lowest BCUT2D eigenvalue weighted by Crippen LogP contribution is -2.40. The molecule has 0 atom stereocenters. The summed E-state index contributed by atoms with van der Waals surface area (Å²) in [5, 5.41) is 0. The number of hydrogen-bond donors (Lipinski definition) is 0. The molecular formula is C16H22BrN3OS. The Balaban J connectivity index is 1.49. The molecule has 0 aromatic carbocycles. The van der Waals surface area contributed by atoms with Crippen LogP contribution < -0.4 is 4.90 Å². The molecule has 1 amide bonds. The molecule has 0 N–H and O–H groups in total. The summed E-state index contributed by atoms with van der Waals surface area (Å²) in [5.74, 6) is 4.11. The smallest absolute Gasteiger partial charge is 0.222 e. The second-order valence-electron chi connectivity index (χ2n) is 5.94. The minimum absolute atomic E-state index is 0.359. The number of nitrogens with zero attached hydrogens (tertiary/aromatic N) is 3. The van der Waals surface area contributed by atoms with Crippen molar-refractivity contribution >= 4 is 39.4 Å². The van der Waals surface area contributed by atoms with Gasteiger partial charge in [-0.25, -0.2) is 4.98 Å². The third-order valence-corrected chi connectivity index (χ3v) is 6.04. The minimum Gasteiger partial charge on any atom is -0.356 e. The van der Waals surface area contributed by atoms with Crippen LogP contribution in [0.4, 0.5) is 5.82 Å². The number of thioether (sulfide) groups is 1. The standard InChI is InChI=1S/C16H22BrN3OS/c17-14-2-1-5-18-16(14)20-6-3-13(4-7-20)12-15(21)19-8-10-22-11-9-19/h1-2,5,13H,3-4,6-12H2. The van der Waals surface area contributed by atoms with Crippen molar-refractivity contribution in [3.05, 3.63) is 22.8 Å². The van der Waals surface area contributed by atoms with Crippen LogP contribution in [0.1, 0.15) is 19.3 Å². The fourth-order valence-electron chi connectivity index (χ4n) is 3.15. The van der Waals surface area contributed by atoms with Crippen LogP contribution in [0.25, 0.3) is 0 Å². The summed E-state index contributed by atoms with van der Waals surface area (Å²) < 4.78 is 1.05. The van der Waals surface area contributed by atoms with Crippen molar-refractivity contribution in [3.63, 3.8) is 0 Å². The van der Waals surface area contributed by atoms with E-state index in [4.69, 9.17) is 0 Å². The number of hydrogen-bond acceptors (Lipinski definition) is 4. The van der Waals surface area contributed by atoms with E-state index >= 15 is 0 Å². The summed E-state index contributed by atoms with van der Waals surface area (Å²) in [5.41, 5.74) is 0. The lowest BCUT2D eigenvalue weighted by molar-refractivity contribution is -0.132. The first-order valence-electron chi connectivity index (χ1n) is 7.95. The minimum atomic E-state index is 0.359.